The molecule has 3 aromatic heterocycles. The molecule has 0 radical (unpaired) electrons. The summed E-state index contributed by atoms with van der Waals surface area (Å²) in [6.45, 7) is 2.03. The molecule has 1 saturated heterocycles. The second kappa shape index (κ2) is 9.65. The summed E-state index contributed by atoms with van der Waals surface area (Å²) < 4.78 is 0. The van der Waals surface area contributed by atoms with Gasteiger partial charge in [-0.15, -0.1) is 0 Å². The zero-order valence-electron chi connectivity index (χ0n) is 16.5. The molecule has 1 amide bonds. The van der Waals surface area contributed by atoms with Gasteiger partial charge in [-0.2, -0.15) is 0 Å². The summed E-state index contributed by atoms with van der Waals surface area (Å²) in [6.07, 6.45) is 5.26. The Morgan fingerprint density at radius 1 is 1.00 bits per heavy atom. The van der Waals surface area contributed by atoms with Crippen LogP contribution in [0.25, 0.3) is 0 Å². The predicted molar refractivity (Wildman–Crippen MR) is 118 cm³/mol. The topological polar surface area (TPSA) is 83.0 Å². The number of halogens is 1. The van der Waals surface area contributed by atoms with Crippen molar-refractivity contribution in [1.82, 2.24) is 19.9 Å². The van der Waals surface area contributed by atoms with E-state index in [1.807, 2.05) is 30.3 Å². The van der Waals surface area contributed by atoms with Crippen LogP contribution in [0.3, 0.4) is 0 Å². The van der Waals surface area contributed by atoms with E-state index in [0.717, 1.165) is 43.3 Å². The number of nitrogens with zero attached hydrogens (tertiary/aromatic N) is 4. The van der Waals surface area contributed by atoms with Gasteiger partial charge in [0.25, 0.3) is 0 Å². The number of carbonyl (C=O) groups is 1. The van der Waals surface area contributed by atoms with Crippen LogP contribution in [0.1, 0.15) is 24.5 Å². The van der Waals surface area contributed by atoms with Crippen LogP contribution in [0.4, 0.5) is 17.3 Å². The Morgan fingerprint density at radius 3 is 2.57 bits per heavy atom. The van der Waals surface area contributed by atoms with Crippen molar-refractivity contribution in [3.8, 4) is 0 Å². The minimum Gasteiger partial charge on any atom is -0.325 e. The van der Waals surface area contributed by atoms with E-state index < -0.39 is 0 Å². The van der Waals surface area contributed by atoms with E-state index in [1.165, 1.54) is 0 Å². The lowest BCUT2D eigenvalue weighted by molar-refractivity contribution is -0.117. The maximum Gasteiger partial charge on any atom is 0.238 e. The average Bonchev–Trinajstić information content (AvgIpc) is 2.77. The van der Waals surface area contributed by atoms with Gasteiger partial charge < -0.3 is 10.6 Å². The molecule has 1 aliphatic heterocycles. The molecule has 0 bridgehead atoms. The Labute approximate surface area is 180 Å². The number of hydrogen-bond acceptors (Lipinski definition) is 6. The van der Waals surface area contributed by atoms with Gasteiger partial charge in [0.15, 0.2) is 5.15 Å². The minimum atomic E-state index is -0.0805. The quantitative estimate of drug-likeness (QED) is 0.582. The van der Waals surface area contributed by atoms with Crippen LogP contribution in [0.15, 0.2) is 60.9 Å². The minimum absolute atomic E-state index is 0.0805. The van der Waals surface area contributed by atoms with Gasteiger partial charge in [-0.1, -0.05) is 23.7 Å². The Balaban J connectivity index is 1.30. The highest BCUT2D eigenvalue weighted by molar-refractivity contribution is 6.32. The summed E-state index contributed by atoms with van der Waals surface area (Å²) in [7, 11) is 0. The number of rotatable bonds is 6. The standard InChI is InChI=1S/C22H23ClN6O/c23-22-18(6-4-12-25-22)27-21(30)15-29-13-9-16(10-14-29)17-5-3-8-20(26-17)28-19-7-1-2-11-24-19/h1-8,11-12,16H,9-10,13-15H2,(H,27,30)(H,24,26,28). The predicted octanol–water partition coefficient (Wildman–Crippen LogP) is 4.09. The second-order valence-electron chi connectivity index (χ2n) is 7.23. The normalized spacial score (nSPS) is 15.0. The monoisotopic (exact) mass is 422 g/mol. The number of piperidine rings is 1. The number of carbonyl (C=O) groups excluding carboxylic acids is 1. The number of aromatic nitrogens is 3. The number of nitrogens with one attached hydrogen (secondary N) is 2. The van der Waals surface area contributed by atoms with Crippen molar-refractivity contribution < 1.29 is 4.79 Å². The van der Waals surface area contributed by atoms with Gasteiger partial charge in [-0.05, 0) is 62.3 Å². The molecular weight excluding hydrogens is 400 g/mol. The summed E-state index contributed by atoms with van der Waals surface area (Å²) >= 11 is 6.01. The Morgan fingerprint density at radius 2 is 1.80 bits per heavy atom. The summed E-state index contributed by atoms with van der Waals surface area (Å²) in [5, 5.41) is 6.37. The van der Waals surface area contributed by atoms with E-state index in [2.05, 4.69) is 31.6 Å². The van der Waals surface area contributed by atoms with Gasteiger partial charge in [-0.3, -0.25) is 9.69 Å². The third-order valence-electron chi connectivity index (χ3n) is 5.10. The van der Waals surface area contributed by atoms with Crippen LogP contribution < -0.4 is 10.6 Å². The van der Waals surface area contributed by atoms with Crippen molar-refractivity contribution in [2.24, 2.45) is 0 Å². The third kappa shape index (κ3) is 5.31. The molecule has 0 spiro atoms. The van der Waals surface area contributed by atoms with Crippen LogP contribution in [-0.2, 0) is 4.79 Å². The highest BCUT2D eigenvalue weighted by atomic mass is 35.5. The average molecular weight is 423 g/mol. The molecular formula is C22H23ClN6O. The first-order valence-electron chi connectivity index (χ1n) is 9.95. The van der Waals surface area contributed by atoms with E-state index in [9.17, 15) is 4.79 Å². The van der Waals surface area contributed by atoms with Crippen molar-refractivity contribution in [1.29, 1.82) is 0 Å². The Kier molecular flexibility index (Phi) is 6.51. The van der Waals surface area contributed by atoms with Crippen molar-refractivity contribution in [3.05, 3.63) is 71.8 Å². The van der Waals surface area contributed by atoms with Gasteiger partial charge in [0.05, 0.1) is 12.2 Å². The number of anilines is 3. The molecule has 0 aromatic carbocycles. The molecule has 4 heterocycles. The number of pyridine rings is 3. The molecule has 1 aliphatic rings. The fourth-order valence-electron chi connectivity index (χ4n) is 3.58. The smallest absolute Gasteiger partial charge is 0.238 e. The maximum atomic E-state index is 12.3. The summed E-state index contributed by atoms with van der Waals surface area (Å²) in [5.74, 6) is 1.86. The molecule has 0 aliphatic carbocycles. The molecule has 4 rings (SSSR count). The van der Waals surface area contributed by atoms with E-state index in [1.54, 1.807) is 24.5 Å². The van der Waals surface area contributed by atoms with Gasteiger partial charge in [-0.25, -0.2) is 15.0 Å². The third-order valence-corrected chi connectivity index (χ3v) is 5.40. The van der Waals surface area contributed by atoms with Crippen molar-refractivity contribution in [2.45, 2.75) is 18.8 Å². The largest absolute Gasteiger partial charge is 0.325 e. The first-order valence-corrected chi connectivity index (χ1v) is 10.3. The van der Waals surface area contributed by atoms with Crippen molar-refractivity contribution >= 4 is 34.8 Å². The molecule has 2 N–H and O–H groups in total. The van der Waals surface area contributed by atoms with Crippen LogP contribution >= 0.6 is 11.6 Å². The number of likely N-dealkylation sites (tertiary alicyclic amines) is 1. The molecule has 30 heavy (non-hydrogen) atoms. The van der Waals surface area contributed by atoms with E-state index in [0.29, 0.717) is 23.3 Å². The number of hydrogen-bond donors (Lipinski definition) is 2. The molecule has 3 aromatic rings. The summed E-state index contributed by atoms with van der Waals surface area (Å²) in [4.78, 5) is 27.5. The number of amides is 1. The lowest BCUT2D eigenvalue weighted by Gasteiger charge is -2.31. The SMILES string of the molecule is O=C(CN1CCC(c2cccc(Nc3ccccn3)n2)CC1)Nc1cccnc1Cl. The zero-order chi connectivity index (χ0) is 20.8. The van der Waals surface area contributed by atoms with Crippen molar-refractivity contribution in [3.63, 3.8) is 0 Å². The molecule has 1 fully saturated rings. The maximum absolute atomic E-state index is 12.3. The first-order chi connectivity index (χ1) is 14.7. The highest BCUT2D eigenvalue weighted by Gasteiger charge is 2.23. The molecule has 154 valence electrons. The first kappa shape index (κ1) is 20.3. The molecule has 0 saturated carbocycles. The lowest BCUT2D eigenvalue weighted by atomic mass is 9.93. The Hall–Kier alpha value is -3.03. The fourth-order valence-corrected chi connectivity index (χ4v) is 3.74. The Bertz CT molecular complexity index is 992. The fraction of sp³-hybridized carbons (Fsp3) is 0.273. The van der Waals surface area contributed by atoms with Crippen LogP contribution in [0, 0.1) is 0 Å². The van der Waals surface area contributed by atoms with E-state index >= 15 is 0 Å². The van der Waals surface area contributed by atoms with Crippen LogP contribution in [-0.4, -0.2) is 45.4 Å². The lowest BCUT2D eigenvalue weighted by Crippen LogP contribution is -2.38. The van der Waals surface area contributed by atoms with Gasteiger partial charge in [0.1, 0.15) is 11.6 Å². The van der Waals surface area contributed by atoms with Crippen molar-refractivity contribution in [2.75, 3.05) is 30.3 Å². The molecule has 8 heteroatoms. The van der Waals surface area contributed by atoms with Crippen LogP contribution in [0.2, 0.25) is 5.15 Å². The summed E-state index contributed by atoms with van der Waals surface area (Å²) in [6, 6.07) is 15.3. The van der Waals surface area contributed by atoms with Crippen LogP contribution in [0.5, 0.6) is 0 Å². The van der Waals surface area contributed by atoms with Gasteiger partial charge in [0, 0.05) is 24.0 Å². The van der Waals surface area contributed by atoms with Gasteiger partial charge >= 0.3 is 0 Å². The molecule has 0 atom stereocenters. The second-order valence-corrected chi connectivity index (χ2v) is 7.59. The van der Waals surface area contributed by atoms with E-state index in [-0.39, 0.29) is 5.91 Å². The molecule has 7 nitrogen and oxygen atoms in total. The zero-order valence-corrected chi connectivity index (χ0v) is 17.2. The van der Waals surface area contributed by atoms with Gasteiger partial charge in [0.2, 0.25) is 5.91 Å². The van der Waals surface area contributed by atoms with E-state index in [4.69, 9.17) is 16.6 Å². The summed E-state index contributed by atoms with van der Waals surface area (Å²) in [5.41, 5.74) is 1.61. The molecule has 0 unspecified atom stereocenters. The highest BCUT2D eigenvalue weighted by Crippen LogP contribution is 2.28.